The van der Waals surface area contributed by atoms with Crippen LogP contribution in [0.15, 0.2) is 18.2 Å². The molecule has 0 atom stereocenters. The Hall–Kier alpha value is -2.04. The van der Waals surface area contributed by atoms with E-state index in [1.165, 1.54) is 6.92 Å². The second-order valence-electron chi connectivity index (χ2n) is 5.10. The molecule has 1 N–H and O–H groups in total. The Morgan fingerprint density at radius 2 is 1.85 bits per heavy atom. The number of nitrogens with zero attached hydrogens (tertiary/aromatic N) is 2. The lowest BCUT2D eigenvalue weighted by Crippen LogP contribution is -2.33. The third-order valence-corrected chi connectivity index (χ3v) is 3.67. The van der Waals surface area contributed by atoms with Crippen molar-refractivity contribution in [2.75, 3.05) is 31.1 Å². The molecule has 1 aromatic rings. The highest BCUT2D eigenvalue weighted by Crippen LogP contribution is 2.25. The topological polar surface area (TPSA) is 60.9 Å². The maximum atomic E-state index is 11.4. The Labute approximate surface area is 118 Å². The number of carbonyl (C=O) groups is 2. The van der Waals surface area contributed by atoms with Crippen LogP contribution in [0.25, 0.3) is 0 Å². The molecular formula is C15H20N2O3. The Morgan fingerprint density at radius 3 is 2.45 bits per heavy atom. The number of aromatic hydroxyl groups is 1. The first-order chi connectivity index (χ1) is 9.49. The third kappa shape index (κ3) is 3.10. The van der Waals surface area contributed by atoms with Gasteiger partial charge in [0.15, 0.2) is 5.78 Å². The molecule has 2 rings (SSSR count). The third-order valence-electron chi connectivity index (χ3n) is 3.67. The SMILES string of the molecule is CC(=O)c1ccc(N2CCCN(C(C)=O)CC2)cc1O. The zero-order valence-electron chi connectivity index (χ0n) is 11.9. The molecule has 0 radical (unpaired) electrons. The van der Waals surface area contributed by atoms with Crippen molar-refractivity contribution >= 4 is 17.4 Å². The van der Waals surface area contributed by atoms with Crippen molar-refractivity contribution in [2.24, 2.45) is 0 Å². The van der Waals surface area contributed by atoms with Gasteiger partial charge in [-0.15, -0.1) is 0 Å². The molecular weight excluding hydrogens is 256 g/mol. The van der Waals surface area contributed by atoms with Gasteiger partial charge in [0.1, 0.15) is 5.75 Å². The van der Waals surface area contributed by atoms with Gasteiger partial charge in [-0.25, -0.2) is 0 Å². The predicted octanol–water partition coefficient (Wildman–Crippen LogP) is 1.65. The summed E-state index contributed by atoms with van der Waals surface area (Å²) in [6.07, 6.45) is 0.898. The number of hydrogen-bond donors (Lipinski definition) is 1. The summed E-state index contributed by atoms with van der Waals surface area (Å²) >= 11 is 0. The lowest BCUT2D eigenvalue weighted by molar-refractivity contribution is -0.128. The number of Topliss-reactive ketones (excluding diaryl/α,β-unsaturated/α-hetero) is 1. The van der Waals surface area contributed by atoms with Crippen molar-refractivity contribution in [3.63, 3.8) is 0 Å². The quantitative estimate of drug-likeness (QED) is 0.834. The number of rotatable bonds is 2. The molecule has 5 nitrogen and oxygen atoms in total. The van der Waals surface area contributed by atoms with E-state index in [4.69, 9.17) is 0 Å². The fourth-order valence-electron chi connectivity index (χ4n) is 2.50. The van der Waals surface area contributed by atoms with Crippen LogP contribution < -0.4 is 4.90 Å². The first-order valence-electron chi connectivity index (χ1n) is 6.83. The van der Waals surface area contributed by atoms with Crippen LogP contribution in [0.5, 0.6) is 5.75 Å². The van der Waals surface area contributed by atoms with Crippen LogP contribution >= 0.6 is 0 Å². The van der Waals surface area contributed by atoms with Crippen molar-refractivity contribution in [1.29, 1.82) is 0 Å². The number of anilines is 1. The van der Waals surface area contributed by atoms with Gasteiger partial charge < -0.3 is 14.9 Å². The summed E-state index contributed by atoms with van der Waals surface area (Å²) in [6.45, 7) is 6.05. The number of benzene rings is 1. The van der Waals surface area contributed by atoms with Crippen molar-refractivity contribution in [1.82, 2.24) is 4.90 Å². The highest BCUT2D eigenvalue weighted by molar-refractivity contribution is 5.97. The highest BCUT2D eigenvalue weighted by atomic mass is 16.3. The summed E-state index contributed by atoms with van der Waals surface area (Å²) in [5.74, 6) is -0.0306. The van der Waals surface area contributed by atoms with E-state index < -0.39 is 0 Å². The molecule has 1 aliphatic rings. The minimum Gasteiger partial charge on any atom is -0.507 e. The standard InChI is InChI=1S/C15H20N2O3/c1-11(18)14-5-4-13(10-15(14)20)17-7-3-6-16(8-9-17)12(2)19/h4-5,10,20H,3,6-9H2,1-2H3. The zero-order chi connectivity index (χ0) is 14.7. The Morgan fingerprint density at radius 1 is 1.10 bits per heavy atom. The van der Waals surface area contributed by atoms with Crippen molar-refractivity contribution in [3.05, 3.63) is 23.8 Å². The normalized spacial score (nSPS) is 15.9. The van der Waals surface area contributed by atoms with Gasteiger partial charge in [0.25, 0.3) is 0 Å². The first kappa shape index (κ1) is 14.4. The molecule has 1 saturated heterocycles. The predicted molar refractivity (Wildman–Crippen MR) is 77.2 cm³/mol. The monoisotopic (exact) mass is 276 g/mol. The van der Waals surface area contributed by atoms with Gasteiger partial charge in [0.05, 0.1) is 5.56 Å². The summed E-state index contributed by atoms with van der Waals surface area (Å²) in [6, 6.07) is 5.13. The highest BCUT2D eigenvalue weighted by Gasteiger charge is 2.18. The van der Waals surface area contributed by atoms with E-state index in [1.807, 2.05) is 11.0 Å². The number of phenols is 1. The molecule has 1 amide bonds. The smallest absolute Gasteiger partial charge is 0.219 e. The molecule has 1 aromatic carbocycles. The number of hydrogen-bond acceptors (Lipinski definition) is 4. The fourth-order valence-corrected chi connectivity index (χ4v) is 2.50. The maximum absolute atomic E-state index is 11.4. The van der Waals surface area contributed by atoms with Crippen molar-refractivity contribution in [2.45, 2.75) is 20.3 Å². The van der Waals surface area contributed by atoms with Crippen LogP contribution in [0.4, 0.5) is 5.69 Å². The fraction of sp³-hybridized carbons (Fsp3) is 0.467. The van der Waals surface area contributed by atoms with Gasteiger partial charge in [-0.3, -0.25) is 9.59 Å². The van der Waals surface area contributed by atoms with Crippen LogP contribution in [0.3, 0.4) is 0 Å². The average Bonchev–Trinajstić information content (AvgIpc) is 2.63. The van der Waals surface area contributed by atoms with Gasteiger partial charge in [-0.05, 0) is 25.5 Å². The summed E-state index contributed by atoms with van der Waals surface area (Å²) in [4.78, 5) is 26.7. The Kier molecular flexibility index (Phi) is 4.27. The van der Waals surface area contributed by atoms with E-state index in [0.29, 0.717) is 12.1 Å². The zero-order valence-corrected chi connectivity index (χ0v) is 11.9. The molecule has 5 heteroatoms. The van der Waals surface area contributed by atoms with E-state index in [1.54, 1.807) is 19.1 Å². The molecule has 0 saturated carbocycles. The molecule has 0 bridgehead atoms. The average molecular weight is 276 g/mol. The summed E-state index contributed by atoms with van der Waals surface area (Å²) in [7, 11) is 0. The minimum atomic E-state index is -0.146. The maximum Gasteiger partial charge on any atom is 0.219 e. The van der Waals surface area contributed by atoms with E-state index in [9.17, 15) is 14.7 Å². The second-order valence-corrected chi connectivity index (χ2v) is 5.10. The van der Waals surface area contributed by atoms with Gasteiger partial charge in [0.2, 0.25) is 5.91 Å². The molecule has 0 unspecified atom stereocenters. The van der Waals surface area contributed by atoms with Crippen molar-refractivity contribution < 1.29 is 14.7 Å². The van der Waals surface area contributed by atoms with Crippen LogP contribution in [-0.4, -0.2) is 47.9 Å². The lowest BCUT2D eigenvalue weighted by atomic mass is 10.1. The van der Waals surface area contributed by atoms with Gasteiger partial charge in [-0.1, -0.05) is 0 Å². The number of carbonyl (C=O) groups excluding carboxylic acids is 2. The molecule has 108 valence electrons. The van der Waals surface area contributed by atoms with Crippen LogP contribution in [0.2, 0.25) is 0 Å². The van der Waals surface area contributed by atoms with E-state index in [2.05, 4.69) is 4.90 Å². The Bertz CT molecular complexity index is 528. The summed E-state index contributed by atoms with van der Waals surface area (Å²) in [5.41, 5.74) is 1.23. The first-order valence-corrected chi connectivity index (χ1v) is 6.83. The lowest BCUT2D eigenvalue weighted by Gasteiger charge is -2.23. The second kappa shape index (κ2) is 5.94. The molecule has 0 spiro atoms. The summed E-state index contributed by atoms with van der Waals surface area (Å²) in [5, 5.41) is 9.89. The molecule has 0 aromatic heterocycles. The molecule has 0 aliphatic carbocycles. The largest absolute Gasteiger partial charge is 0.507 e. The van der Waals surface area contributed by atoms with Gasteiger partial charge >= 0.3 is 0 Å². The molecule has 1 aliphatic heterocycles. The van der Waals surface area contributed by atoms with Crippen LogP contribution in [0, 0.1) is 0 Å². The number of amides is 1. The van der Waals surface area contributed by atoms with E-state index in [-0.39, 0.29) is 17.4 Å². The Balaban J connectivity index is 2.14. The van der Waals surface area contributed by atoms with E-state index >= 15 is 0 Å². The van der Waals surface area contributed by atoms with Gasteiger partial charge in [-0.2, -0.15) is 0 Å². The molecule has 20 heavy (non-hydrogen) atoms. The minimum absolute atomic E-state index is 0.0164. The molecule has 1 heterocycles. The number of phenolic OH excluding ortho intramolecular Hbond substituents is 1. The van der Waals surface area contributed by atoms with Gasteiger partial charge in [0, 0.05) is 44.9 Å². The van der Waals surface area contributed by atoms with Crippen molar-refractivity contribution in [3.8, 4) is 5.75 Å². The van der Waals surface area contributed by atoms with Crippen LogP contribution in [0.1, 0.15) is 30.6 Å². The molecule has 1 fully saturated rings. The number of ketones is 1. The van der Waals surface area contributed by atoms with Crippen LogP contribution in [-0.2, 0) is 4.79 Å². The van der Waals surface area contributed by atoms with E-state index in [0.717, 1.165) is 31.7 Å². The summed E-state index contributed by atoms with van der Waals surface area (Å²) < 4.78 is 0.